The van der Waals surface area contributed by atoms with Gasteiger partial charge in [0.25, 0.3) is 11.8 Å². The first-order valence-electron chi connectivity index (χ1n) is 12.2. The van der Waals surface area contributed by atoms with Crippen LogP contribution in [0.1, 0.15) is 70.4 Å². The number of aromatic nitrogens is 2. The summed E-state index contributed by atoms with van der Waals surface area (Å²) >= 11 is 0. The van der Waals surface area contributed by atoms with Gasteiger partial charge in [-0.15, -0.1) is 0 Å². The van der Waals surface area contributed by atoms with Crippen molar-refractivity contribution in [3.05, 3.63) is 82.7 Å². The van der Waals surface area contributed by atoms with Crippen LogP contribution in [-0.2, 0) is 0 Å². The molecule has 1 saturated heterocycles. The second-order valence-electron chi connectivity index (χ2n) is 9.83. The highest BCUT2D eigenvalue weighted by molar-refractivity contribution is 5.99. The summed E-state index contributed by atoms with van der Waals surface area (Å²) in [5, 5.41) is 4.76. The number of benzene rings is 2. The highest BCUT2D eigenvalue weighted by atomic mass is 16.2. The summed E-state index contributed by atoms with van der Waals surface area (Å²) in [6.07, 6.45) is 1.57. The Labute approximate surface area is 201 Å². The summed E-state index contributed by atoms with van der Waals surface area (Å²) in [4.78, 5) is 31.0. The summed E-state index contributed by atoms with van der Waals surface area (Å²) in [6, 6.07) is 17.7. The highest BCUT2D eigenvalue weighted by Gasteiger charge is 2.47. The number of para-hydroxylation sites is 1. The van der Waals surface area contributed by atoms with Crippen molar-refractivity contribution in [1.29, 1.82) is 0 Å². The number of hydrogen-bond donors (Lipinski definition) is 0. The van der Waals surface area contributed by atoms with Crippen LogP contribution in [0.2, 0.25) is 0 Å². The van der Waals surface area contributed by atoms with Crippen molar-refractivity contribution in [2.24, 2.45) is 5.92 Å². The fourth-order valence-electron chi connectivity index (χ4n) is 5.62. The molecule has 2 aliphatic heterocycles. The molecule has 3 aromatic rings. The van der Waals surface area contributed by atoms with E-state index in [1.54, 1.807) is 0 Å². The molecule has 1 aromatic heterocycles. The number of carbonyl (C=O) groups excluding carboxylic acids is 2. The molecule has 6 heteroatoms. The average Bonchev–Trinajstić information content (AvgIpc) is 3.35. The number of rotatable bonds is 4. The van der Waals surface area contributed by atoms with Crippen LogP contribution in [0.3, 0.4) is 0 Å². The van der Waals surface area contributed by atoms with Crippen molar-refractivity contribution < 1.29 is 9.59 Å². The minimum absolute atomic E-state index is 0.00332. The van der Waals surface area contributed by atoms with Crippen LogP contribution in [0.5, 0.6) is 0 Å². The van der Waals surface area contributed by atoms with Gasteiger partial charge in [-0.05, 0) is 56.4 Å². The summed E-state index contributed by atoms with van der Waals surface area (Å²) < 4.78 is 1.82. The van der Waals surface area contributed by atoms with Crippen LogP contribution in [0.15, 0.2) is 54.6 Å². The van der Waals surface area contributed by atoms with Crippen molar-refractivity contribution in [3.63, 3.8) is 0 Å². The number of likely N-dealkylation sites (tertiary alicyclic amines) is 1. The first kappa shape index (κ1) is 22.4. The normalized spacial score (nSPS) is 18.6. The molecule has 0 N–H and O–H groups in total. The molecule has 6 nitrogen and oxygen atoms in total. The Kier molecular flexibility index (Phi) is 5.76. The van der Waals surface area contributed by atoms with Crippen LogP contribution in [0.25, 0.3) is 5.69 Å². The van der Waals surface area contributed by atoms with Gasteiger partial charge in [0.1, 0.15) is 5.69 Å². The lowest BCUT2D eigenvalue weighted by Crippen LogP contribution is -2.49. The maximum Gasteiger partial charge on any atom is 0.273 e. The number of nitrogens with zero attached hydrogens (tertiary/aromatic N) is 4. The molecule has 0 aliphatic carbocycles. The lowest BCUT2D eigenvalue weighted by Gasteiger charge is -2.41. The molecule has 0 radical (unpaired) electrons. The first-order valence-corrected chi connectivity index (χ1v) is 12.2. The Bertz CT molecular complexity index is 1220. The van der Waals surface area contributed by atoms with Gasteiger partial charge in [-0.2, -0.15) is 5.10 Å². The van der Waals surface area contributed by atoms with Crippen LogP contribution >= 0.6 is 0 Å². The Morgan fingerprint density at radius 2 is 1.62 bits per heavy atom. The van der Waals surface area contributed by atoms with Gasteiger partial charge >= 0.3 is 0 Å². The molecule has 0 spiro atoms. The van der Waals surface area contributed by atoms with Crippen molar-refractivity contribution in [1.82, 2.24) is 19.6 Å². The summed E-state index contributed by atoms with van der Waals surface area (Å²) in [6.45, 7) is 9.66. The van der Waals surface area contributed by atoms with E-state index in [1.165, 1.54) is 0 Å². The molecule has 5 rings (SSSR count). The van der Waals surface area contributed by atoms with Crippen molar-refractivity contribution in [2.75, 3.05) is 13.1 Å². The molecule has 2 amide bonds. The number of hydrogen-bond acceptors (Lipinski definition) is 3. The molecule has 34 heavy (non-hydrogen) atoms. The largest absolute Gasteiger partial charge is 0.338 e. The molecule has 1 fully saturated rings. The van der Waals surface area contributed by atoms with Crippen LogP contribution < -0.4 is 0 Å². The minimum atomic E-state index is 0.00332. The fraction of sp³-hybridized carbons (Fsp3) is 0.393. The first-order chi connectivity index (χ1) is 16.4. The van der Waals surface area contributed by atoms with Crippen molar-refractivity contribution in [3.8, 4) is 5.69 Å². The summed E-state index contributed by atoms with van der Waals surface area (Å²) in [5.41, 5.74) is 5.34. The molecule has 176 valence electrons. The van der Waals surface area contributed by atoms with Gasteiger partial charge in [0, 0.05) is 30.3 Å². The van der Waals surface area contributed by atoms with E-state index in [9.17, 15) is 9.59 Å². The van der Waals surface area contributed by atoms with Crippen LogP contribution in [0.4, 0.5) is 0 Å². The maximum atomic E-state index is 13.9. The van der Waals surface area contributed by atoms with Gasteiger partial charge in [0.05, 0.1) is 17.4 Å². The quantitative estimate of drug-likeness (QED) is 0.558. The van der Waals surface area contributed by atoms with Gasteiger partial charge in [-0.3, -0.25) is 9.59 Å². The Morgan fingerprint density at radius 1 is 0.971 bits per heavy atom. The molecule has 0 bridgehead atoms. The predicted molar refractivity (Wildman–Crippen MR) is 132 cm³/mol. The van der Waals surface area contributed by atoms with Crippen LogP contribution in [-0.4, -0.2) is 50.5 Å². The molecular formula is C28H32N4O2. The number of amides is 2. The van der Waals surface area contributed by atoms with Gasteiger partial charge < -0.3 is 9.80 Å². The van der Waals surface area contributed by atoms with Crippen molar-refractivity contribution in [2.45, 2.75) is 52.6 Å². The minimum Gasteiger partial charge on any atom is -0.338 e. The molecular weight excluding hydrogens is 424 g/mol. The molecule has 0 saturated carbocycles. The van der Waals surface area contributed by atoms with Crippen LogP contribution in [0, 0.1) is 19.8 Å². The van der Waals surface area contributed by atoms with E-state index < -0.39 is 0 Å². The Morgan fingerprint density at radius 3 is 2.26 bits per heavy atom. The average molecular weight is 457 g/mol. The zero-order valence-corrected chi connectivity index (χ0v) is 20.4. The van der Waals surface area contributed by atoms with E-state index in [4.69, 9.17) is 5.10 Å². The second-order valence-corrected chi connectivity index (χ2v) is 9.83. The van der Waals surface area contributed by atoms with E-state index in [2.05, 4.69) is 18.7 Å². The number of carbonyl (C=O) groups is 2. The van der Waals surface area contributed by atoms with E-state index in [1.807, 2.05) is 78.0 Å². The number of aryl methyl sites for hydroxylation is 2. The molecule has 3 heterocycles. The molecule has 1 unspecified atom stereocenters. The molecule has 2 aromatic carbocycles. The highest BCUT2D eigenvalue weighted by Crippen LogP contribution is 2.44. The van der Waals surface area contributed by atoms with Gasteiger partial charge in [-0.25, -0.2) is 4.68 Å². The SMILES string of the molecule is Cc1ccccc1C(=O)N1CCC(N2C(=O)c3c(c(C)nn3-c3ccccc3)C2C(C)C)CC1. The Balaban J connectivity index is 1.40. The summed E-state index contributed by atoms with van der Waals surface area (Å²) in [5.74, 6) is 0.411. The zero-order chi connectivity index (χ0) is 24.0. The monoisotopic (exact) mass is 456 g/mol. The van der Waals surface area contributed by atoms with E-state index >= 15 is 0 Å². The Hall–Kier alpha value is -3.41. The third-order valence-electron chi connectivity index (χ3n) is 7.29. The van der Waals surface area contributed by atoms with E-state index in [0.29, 0.717) is 18.8 Å². The van der Waals surface area contributed by atoms with Crippen molar-refractivity contribution >= 4 is 11.8 Å². The standard InChI is InChI=1S/C28H32N4O2/c1-18(2)25-24-20(4)29-32(22-11-6-5-7-12-22)26(24)28(34)31(25)21-14-16-30(17-15-21)27(33)23-13-9-8-10-19(23)3/h5-13,18,21,25H,14-17H2,1-4H3. The molecule has 1 atom stereocenters. The fourth-order valence-corrected chi connectivity index (χ4v) is 5.62. The predicted octanol–water partition coefficient (Wildman–Crippen LogP) is 4.95. The van der Waals surface area contributed by atoms with Gasteiger partial charge in [-0.1, -0.05) is 50.2 Å². The van der Waals surface area contributed by atoms with Gasteiger partial charge in [0.2, 0.25) is 0 Å². The third kappa shape index (κ3) is 3.61. The zero-order valence-electron chi connectivity index (χ0n) is 20.4. The summed E-state index contributed by atoms with van der Waals surface area (Å²) in [7, 11) is 0. The van der Waals surface area contributed by atoms with E-state index in [-0.39, 0.29) is 29.8 Å². The van der Waals surface area contributed by atoms with Gasteiger partial charge in [0.15, 0.2) is 0 Å². The lowest BCUT2D eigenvalue weighted by molar-refractivity contribution is 0.0393. The third-order valence-corrected chi connectivity index (χ3v) is 7.29. The second kappa shape index (κ2) is 8.75. The maximum absolute atomic E-state index is 13.9. The number of fused-ring (bicyclic) bond motifs is 1. The number of piperidine rings is 1. The molecule has 2 aliphatic rings. The van der Waals surface area contributed by atoms with E-state index in [0.717, 1.165) is 40.9 Å². The smallest absolute Gasteiger partial charge is 0.273 e. The topological polar surface area (TPSA) is 58.4 Å². The lowest BCUT2D eigenvalue weighted by atomic mass is 9.93.